The molecular formula is C20H22N4O3S. The summed E-state index contributed by atoms with van der Waals surface area (Å²) in [6.07, 6.45) is 2.42. The Morgan fingerprint density at radius 3 is 2.64 bits per heavy atom. The Bertz CT molecular complexity index is 867. The summed E-state index contributed by atoms with van der Waals surface area (Å²) in [7, 11) is 1.31. The summed E-state index contributed by atoms with van der Waals surface area (Å²) in [5.41, 5.74) is 11.3. The van der Waals surface area contributed by atoms with E-state index in [1.165, 1.54) is 7.11 Å². The van der Waals surface area contributed by atoms with Crippen molar-refractivity contribution in [2.45, 2.75) is 19.0 Å². The van der Waals surface area contributed by atoms with Crippen LogP contribution in [0.4, 0.5) is 0 Å². The van der Waals surface area contributed by atoms with E-state index in [0.29, 0.717) is 17.5 Å². The monoisotopic (exact) mass is 398 g/mol. The van der Waals surface area contributed by atoms with E-state index in [0.717, 1.165) is 16.9 Å². The Hall–Kier alpha value is -2.96. The number of esters is 1. The van der Waals surface area contributed by atoms with Gasteiger partial charge in [-0.1, -0.05) is 47.6 Å². The molecule has 1 atom stereocenters. The standard InChI is InChI=1S/C20H22N4O3S/c1-27-20(26)18(10-11-28-2)23-19(25)16-9-8-14(13-22-24-21)12-17(16)15-6-4-3-5-7-15/h3-9,12,18H,10-11,13H2,1-2H3,(H,23,25). The molecule has 1 N–H and O–H groups in total. The van der Waals surface area contributed by atoms with E-state index in [9.17, 15) is 9.59 Å². The van der Waals surface area contributed by atoms with Crippen LogP contribution < -0.4 is 5.32 Å². The van der Waals surface area contributed by atoms with Crippen molar-refractivity contribution in [2.24, 2.45) is 5.11 Å². The van der Waals surface area contributed by atoms with E-state index in [4.69, 9.17) is 10.3 Å². The maximum absolute atomic E-state index is 13.0. The third kappa shape index (κ3) is 5.77. The van der Waals surface area contributed by atoms with Gasteiger partial charge in [0.15, 0.2) is 0 Å². The lowest BCUT2D eigenvalue weighted by atomic mass is 9.96. The van der Waals surface area contributed by atoms with Gasteiger partial charge in [-0.25, -0.2) is 4.79 Å². The zero-order chi connectivity index (χ0) is 20.4. The van der Waals surface area contributed by atoms with E-state index in [2.05, 4.69) is 15.3 Å². The van der Waals surface area contributed by atoms with Gasteiger partial charge >= 0.3 is 5.97 Å². The van der Waals surface area contributed by atoms with Crippen molar-refractivity contribution in [3.8, 4) is 11.1 Å². The van der Waals surface area contributed by atoms with Crippen LogP contribution in [-0.4, -0.2) is 37.0 Å². The summed E-state index contributed by atoms with van der Waals surface area (Å²) < 4.78 is 4.82. The first-order valence-corrected chi connectivity index (χ1v) is 10.1. The Labute approximate surface area is 168 Å². The normalized spacial score (nSPS) is 11.2. The maximum Gasteiger partial charge on any atom is 0.328 e. The highest BCUT2D eigenvalue weighted by Crippen LogP contribution is 2.26. The van der Waals surface area contributed by atoms with Crippen LogP contribution in [0.1, 0.15) is 22.3 Å². The number of carbonyl (C=O) groups excluding carboxylic acids is 2. The molecular weight excluding hydrogens is 376 g/mol. The lowest BCUT2D eigenvalue weighted by molar-refractivity contribution is -0.142. The fourth-order valence-corrected chi connectivity index (χ4v) is 3.19. The van der Waals surface area contributed by atoms with Crippen molar-refractivity contribution < 1.29 is 14.3 Å². The maximum atomic E-state index is 13.0. The van der Waals surface area contributed by atoms with Gasteiger partial charge in [0.05, 0.1) is 13.7 Å². The smallest absolute Gasteiger partial charge is 0.328 e. The molecule has 0 spiro atoms. The predicted molar refractivity (Wildman–Crippen MR) is 111 cm³/mol. The Morgan fingerprint density at radius 1 is 1.25 bits per heavy atom. The van der Waals surface area contributed by atoms with Crippen LogP contribution >= 0.6 is 11.8 Å². The molecule has 0 bridgehead atoms. The lowest BCUT2D eigenvalue weighted by Crippen LogP contribution is -2.42. The van der Waals surface area contributed by atoms with Crippen molar-refractivity contribution in [3.05, 3.63) is 70.1 Å². The minimum atomic E-state index is -0.712. The van der Waals surface area contributed by atoms with Gasteiger partial charge in [0.1, 0.15) is 6.04 Å². The first-order valence-electron chi connectivity index (χ1n) is 8.67. The van der Waals surface area contributed by atoms with Gasteiger partial charge in [0.2, 0.25) is 0 Å². The number of benzene rings is 2. The lowest BCUT2D eigenvalue weighted by Gasteiger charge is -2.18. The van der Waals surface area contributed by atoms with Gasteiger partial charge < -0.3 is 10.1 Å². The topological polar surface area (TPSA) is 104 Å². The molecule has 0 aliphatic heterocycles. The quantitative estimate of drug-likeness (QED) is 0.296. The molecule has 0 aromatic heterocycles. The molecule has 28 heavy (non-hydrogen) atoms. The number of azide groups is 1. The Morgan fingerprint density at radius 2 is 2.00 bits per heavy atom. The van der Waals surface area contributed by atoms with Crippen LogP contribution in [0.15, 0.2) is 53.6 Å². The number of carbonyl (C=O) groups is 2. The highest BCUT2D eigenvalue weighted by atomic mass is 32.2. The minimum Gasteiger partial charge on any atom is -0.467 e. The molecule has 2 aromatic rings. The highest BCUT2D eigenvalue weighted by Gasteiger charge is 2.23. The summed E-state index contributed by atoms with van der Waals surface area (Å²) in [4.78, 5) is 27.7. The van der Waals surface area contributed by atoms with Gasteiger partial charge in [-0.05, 0) is 46.7 Å². The van der Waals surface area contributed by atoms with Gasteiger partial charge in [-0.3, -0.25) is 4.79 Å². The van der Waals surface area contributed by atoms with Crippen molar-refractivity contribution in [1.29, 1.82) is 0 Å². The van der Waals surface area contributed by atoms with E-state index >= 15 is 0 Å². The number of nitrogens with zero attached hydrogens (tertiary/aromatic N) is 3. The zero-order valence-electron chi connectivity index (χ0n) is 15.8. The average Bonchev–Trinajstić information content (AvgIpc) is 2.74. The predicted octanol–water partition coefficient (Wildman–Crippen LogP) is 4.19. The molecule has 2 aromatic carbocycles. The molecule has 0 heterocycles. The molecule has 0 aliphatic rings. The van der Waals surface area contributed by atoms with Crippen LogP contribution in [0.2, 0.25) is 0 Å². The molecule has 0 saturated heterocycles. The molecule has 1 amide bonds. The summed E-state index contributed by atoms with van der Waals surface area (Å²) in [5, 5.41) is 6.37. The van der Waals surface area contributed by atoms with E-state index < -0.39 is 12.0 Å². The number of hydrogen-bond donors (Lipinski definition) is 1. The number of methoxy groups -OCH3 is 1. The zero-order valence-corrected chi connectivity index (χ0v) is 16.6. The molecule has 0 radical (unpaired) electrons. The number of amides is 1. The summed E-state index contributed by atoms with van der Waals surface area (Å²) in [6.45, 7) is 0.191. The molecule has 146 valence electrons. The van der Waals surface area contributed by atoms with Crippen LogP contribution in [-0.2, 0) is 16.1 Å². The Kier molecular flexibility index (Phi) is 8.39. The van der Waals surface area contributed by atoms with Gasteiger partial charge in [-0.15, -0.1) is 0 Å². The van der Waals surface area contributed by atoms with Crippen molar-refractivity contribution in [2.75, 3.05) is 19.1 Å². The fraction of sp³-hybridized carbons (Fsp3) is 0.300. The number of rotatable bonds is 9. The van der Waals surface area contributed by atoms with Crippen molar-refractivity contribution in [1.82, 2.24) is 5.32 Å². The van der Waals surface area contributed by atoms with Crippen molar-refractivity contribution >= 4 is 23.6 Å². The van der Waals surface area contributed by atoms with E-state index in [1.807, 2.05) is 42.7 Å². The van der Waals surface area contributed by atoms with Crippen molar-refractivity contribution in [3.63, 3.8) is 0 Å². The molecule has 1 unspecified atom stereocenters. The number of nitrogens with one attached hydrogen (secondary N) is 1. The second-order valence-corrected chi connectivity index (χ2v) is 6.95. The van der Waals surface area contributed by atoms with Gasteiger partial charge in [0, 0.05) is 10.5 Å². The average molecular weight is 398 g/mol. The summed E-state index contributed by atoms with van der Waals surface area (Å²) >= 11 is 1.59. The third-order valence-corrected chi connectivity index (χ3v) is 4.78. The number of ether oxygens (including phenoxy) is 1. The molecule has 0 saturated carbocycles. The van der Waals surface area contributed by atoms with Crippen LogP contribution in [0.3, 0.4) is 0 Å². The largest absolute Gasteiger partial charge is 0.467 e. The number of thioether (sulfide) groups is 1. The fourth-order valence-electron chi connectivity index (χ4n) is 2.72. The van der Waals surface area contributed by atoms with Gasteiger partial charge in [0.25, 0.3) is 5.91 Å². The number of hydrogen-bond acceptors (Lipinski definition) is 5. The SMILES string of the molecule is COC(=O)C(CCSC)NC(=O)c1ccc(CN=[N+]=[N-])cc1-c1ccccc1. The highest BCUT2D eigenvalue weighted by molar-refractivity contribution is 7.98. The van der Waals surface area contributed by atoms with Gasteiger partial charge in [-0.2, -0.15) is 11.8 Å². The molecule has 8 heteroatoms. The molecule has 2 rings (SSSR count). The Balaban J connectivity index is 2.37. The summed E-state index contributed by atoms with van der Waals surface area (Å²) in [5.74, 6) is -0.106. The van der Waals surface area contributed by atoms with E-state index in [-0.39, 0.29) is 12.5 Å². The van der Waals surface area contributed by atoms with Crippen LogP contribution in [0, 0.1) is 0 Å². The van der Waals surface area contributed by atoms with E-state index in [1.54, 1.807) is 23.9 Å². The molecule has 0 aliphatic carbocycles. The minimum absolute atomic E-state index is 0.191. The first kappa shape index (κ1) is 21.3. The molecule has 7 nitrogen and oxygen atoms in total. The molecule has 0 fully saturated rings. The van der Waals surface area contributed by atoms with Crippen LogP contribution in [0.5, 0.6) is 0 Å². The second kappa shape index (κ2) is 11.0. The third-order valence-electron chi connectivity index (χ3n) is 4.13. The van der Waals surface area contributed by atoms with Crippen LogP contribution in [0.25, 0.3) is 21.6 Å². The summed E-state index contributed by atoms with van der Waals surface area (Å²) in [6, 6.07) is 14.0. The second-order valence-electron chi connectivity index (χ2n) is 5.97. The first-order chi connectivity index (χ1) is 13.6.